The van der Waals surface area contributed by atoms with Crippen molar-refractivity contribution in [1.82, 2.24) is 16.0 Å². The monoisotopic (exact) mass is 373 g/mol. The van der Waals surface area contributed by atoms with Crippen molar-refractivity contribution in [3.63, 3.8) is 0 Å². The predicted molar refractivity (Wildman–Crippen MR) is 106 cm³/mol. The van der Waals surface area contributed by atoms with E-state index in [1.165, 1.54) is 5.56 Å². The fourth-order valence-corrected chi connectivity index (χ4v) is 3.43. The summed E-state index contributed by atoms with van der Waals surface area (Å²) in [5.41, 5.74) is 2.41. The molecule has 0 unspecified atom stereocenters. The number of carbonyl (C=O) groups excluding carboxylic acids is 2. The summed E-state index contributed by atoms with van der Waals surface area (Å²) in [6, 6.07) is 12.5. The van der Waals surface area contributed by atoms with Crippen molar-refractivity contribution in [2.24, 2.45) is 0 Å². The van der Waals surface area contributed by atoms with E-state index in [0.29, 0.717) is 12.5 Å². The topological polar surface area (TPSA) is 70.2 Å². The summed E-state index contributed by atoms with van der Waals surface area (Å²) in [6.07, 6.45) is 0. The summed E-state index contributed by atoms with van der Waals surface area (Å²) >= 11 is 1.65. The molecule has 6 heteroatoms. The minimum Gasteiger partial charge on any atom is -0.355 e. The standard InChI is InChI=1S/C20H27N3O2S/c1-4-21-18(24)12-22-19(25)13-23-20(17-6-5-11-26-17)16-9-7-15(8-10-16)14(2)3/h5-11,14,20,23H,4,12-13H2,1-3H3,(H,21,24)(H,22,25)/t20-/m0/s1. The summed E-state index contributed by atoms with van der Waals surface area (Å²) in [6.45, 7) is 6.89. The van der Waals surface area contributed by atoms with Crippen LogP contribution in [0.2, 0.25) is 0 Å². The van der Waals surface area contributed by atoms with Crippen molar-refractivity contribution >= 4 is 23.2 Å². The van der Waals surface area contributed by atoms with E-state index in [1.807, 2.05) is 18.4 Å². The Morgan fingerprint density at radius 2 is 1.62 bits per heavy atom. The Morgan fingerprint density at radius 3 is 2.19 bits per heavy atom. The van der Waals surface area contributed by atoms with Crippen LogP contribution in [-0.2, 0) is 9.59 Å². The van der Waals surface area contributed by atoms with Crippen LogP contribution < -0.4 is 16.0 Å². The molecule has 0 fully saturated rings. The van der Waals surface area contributed by atoms with Crippen LogP contribution in [-0.4, -0.2) is 31.4 Å². The van der Waals surface area contributed by atoms with E-state index in [9.17, 15) is 9.59 Å². The molecule has 26 heavy (non-hydrogen) atoms. The minimum atomic E-state index is -0.198. The van der Waals surface area contributed by atoms with E-state index in [0.717, 1.165) is 10.4 Å². The summed E-state index contributed by atoms with van der Waals surface area (Å²) in [7, 11) is 0. The summed E-state index contributed by atoms with van der Waals surface area (Å²) in [5, 5.41) is 10.6. The zero-order valence-corrected chi connectivity index (χ0v) is 16.4. The van der Waals surface area contributed by atoms with Crippen molar-refractivity contribution in [3.8, 4) is 0 Å². The van der Waals surface area contributed by atoms with Crippen LogP contribution in [0.3, 0.4) is 0 Å². The molecular weight excluding hydrogens is 346 g/mol. The second kappa shape index (κ2) is 10.1. The lowest BCUT2D eigenvalue weighted by Crippen LogP contribution is -2.41. The van der Waals surface area contributed by atoms with Gasteiger partial charge in [-0.05, 0) is 35.4 Å². The van der Waals surface area contributed by atoms with E-state index in [1.54, 1.807) is 11.3 Å². The number of nitrogens with one attached hydrogen (secondary N) is 3. The van der Waals surface area contributed by atoms with Gasteiger partial charge in [0.25, 0.3) is 0 Å². The fourth-order valence-electron chi connectivity index (χ4n) is 2.61. The highest BCUT2D eigenvalue weighted by Gasteiger charge is 2.16. The van der Waals surface area contributed by atoms with E-state index in [2.05, 4.69) is 60.1 Å². The van der Waals surface area contributed by atoms with Crippen LogP contribution in [0.5, 0.6) is 0 Å². The molecule has 3 N–H and O–H groups in total. The number of thiophene rings is 1. The minimum absolute atomic E-state index is 0.00110. The summed E-state index contributed by atoms with van der Waals surface area (Å²) < 4.78 is 0. The lowest BCUT2D eigenvalue weighted by Gasteiger charge is -2.19. The number of carbonyl (C=O) groups is 2. The van der Waals surface area contributed by atoms with E-state index >= 15 is 0 Å². The molecule has 0 bridgehead atoms. The first-order valence-corrected chi connectivity index (χ1v) is 9.79. The zero-order chi connectivity index (χ0) is 18.9. The van der Waals surface area contributed by atoms with Crippen molar-refractivity contribution in [2.45, 2.75) is 32.7 Å². The van der Waals surface area contributed by atoms with Crippen LogP contribution in [0.4, 0.5) is 0 Å². The number of rotatable bonds is 9. The molecule has 1 aromatic heterocycles. The van der Waals surface area contributed by atoms with Crippen LogP contribution in [0, 0.1) is 0 Å². The average Bonchev–Trinajstić information content (AvgIpc) is 3.15. The van der Waals surface area contributed by atoms with Crippen molar-refractivity contribution in [1.29, 1.82) is 0 Å². The average molecular weight is 374 g/mol. The van der Waals surface area contributed by atoms with Crippen molar-refractivity contribution in [2.75, 3.05) is 19.6 Å². The van der Waals surface area contributed by atoms with Crippen molar-refractivity contribution < 1.29 is 9.59 Å². The molecule has 0 aliphatic heterocycles. The van der Waals surface area contributed by atoms with Crippen LogP contribution in [0.15, 0.2) is 41.8 Å². The van der Waals surface area contributed by atoms with E-state index < -0.39 is 0 Å². The number of benzene rings is 1. The fraction of sp³-hybridized carbons (Fsp3) is 0.400. The molecule has 2 aromatic rings. The Balaban J connectivity index is 2.00. The van der Waals surface area contributed by atoms with Gasteiger partial charge in [-0.2, -0.15) is 0 Å². The normalized spacial score (nSPS) is 12.0. The molecule has 5 nitrogen and oxygen atoms in total. The van der Waals surface area contributed by atoms with E-state index in [4.69, 9.17) is 0 Å². The molecular formula is C20H27N3O2S. The summed E-state index contributed by atoms with van der Waals surface area (Å²) in [5.74, 6) is 0.105. The first kappa shape index (κ1) is 20.1. The molecule has 0 spiro atoms. The van der Waals surface area contributed by atoms with Gasteiger partial charge in [0, 0.05) is 11.4 Å². The Kier molecular flexibility index (Phi) is 7.81. The molecule has 140 valence electrons. The Bertz CT molecular complexity index is 696. The third-order valence-corrected chi connectivity index (χ3v) is 4.99. The van der Waals surface area contributed by atoms with Gasteiger partial charge >= 0.3 is 0 Å². The number of hydrogen-bond acceptors (Lipinski definition) is 4. The second-order valence-electron chi connectivity index (χ2n) is 6.38. The molecule has 0 radical (unpaired) electrons. The maximum atomic E-state index is 12.1. The molecule has 1 heterocycles. The van der Waals surface area contributed by atoms with Gasteiger partial charge in [-0.15, -0.1) is 11.3 Å². The van der Waals surface area contributed by atoms with Crippen LogP contribution in [0.1, 0.15) is 48.7 Å². The van der Waals surface area contributed by atoms with Gasteiger partial charge in [0.15, 0.2) is 0 Å². The molecule has 0 aliphatic carbocycles. The largest absolute Gasteiger partial charge is 0.355 e. The first-order valence-electron chi connectivity index (χ1n) is 8.91. The highest BCUT2D eigenvalue weighted by molar-refractivity contribution is 7.10. The molecule has 0 aliphatic rings. The molecule has 1 atom stereocenters. The maximum Gasteiger partial charge on any atom is 0.239 e. The summed E-state index contributed by atoms with van der Waals surface area (Å²) in [4.78, 5) is 24.6. The predicted octanol–water partition coefficient (Wildman–Crippen LogP) is 2.80. The highest BCUT2D eigenvalue weighted by atomic mass is 32.1. The molecule has 0 saturated carbocycles. The van der Waals surface area contributed by atoms with Gasteiger partial charge in [-0.25, -0.2) is 0 Å². The third kappa shape index (κ3) is 5.97. The number of likely N-dealkylation sites (N-methyl/N-ethyl adjacent to an activating group) is 1. The van der Waals surface area contributed by atoms with Crippen molar-refractivity contribution in [3.05, 3.63) is 57.8 Å². The first-order chi connectivity index (χ1) is 12.5. The zero-order valence-electron chi connectivity index (χ0n) is 15.5. The lowest BCUT2D eigenvalue weighted by atomic mass is 9.98. The second-order valence-corrected chi connectivity index (χ2v) is 7.36. The SMILES string of the molecule is CCNC(=O)CNC(=O)CN[C@@H](c1ccc(C(C)C)cc1)c1cccs1. The quantitative estimate of drug-likeness (QED) is 0.633. The van der Waals surface area contributed by atoms with E-state index in [-0.39, 0.29) is 30.9 Å². The number of amides is 2. The lowest BCUT2D eigenvalue weighted by molar-refractivity contribution is -0.125. The van der Waals surface area contributed by atoms with Crippen LogP contribution >= 0.6 is 11.3 Å². The van der Waals surface area contributed by atoms with Gasteiger partial charge in [0.2, 0.25) is 11.8 Å². The molecule has 2 rings (SSSR count). The Labute approximate surface area is 159 Å². The van der Waals surface area contributed by atoms with Gasteiger partial charge in [0.05, 0.1) is 19.1 Å². The molecule has 1 aromatic carbocycles. The van der Waals surface area contributed by atoms with Gasteiger partial charge in [-0.1, -0.05) is 44.2 Å². The van der Waals surface area contributed by atoms with Gasteiger partial charge in [0.1, 0.15) is 0 Å². The maximum absolute atomic E-state index is 12.1. The van der Waals surface area contributed by atoms with Crippen LogP contribution in [0.25, 0.3) is 0 Å². The smallest absolute Gasteiger partial charge is 0.239 e. The van der Waals surface area contributed by atoms with Gasteiger partial charge < -0.3 is 10.6 Å². The Hall–Kier alpha value is -2.18. The molecule has 0 saturated heterocycles. The Morgan fingerprint density at radius 1 is 0.962 bits per heavy atom. The highest BCUT2D eigenvalue weighted by Crippen LogP contribution is 2.27. The van der Waals surface area contributed by atoms with Gasteiger partial charge in [-0.3, -0.25) is 14.9 Å². The third-order valence-electron chi connectivity index (χ3n) is 4.05. The molecule has 2 amide bonds. The number of hydrogen-bond donors (Lipinski definition) is 3.